The Morgan fingerprint density at radius 2 is 2.07 bits per heavy atom. The third kappa shape index (κ3) is 5.39. The smallest absolute Gasteiger partial charge is 0.237 e. The maximum Gasteiger partial charge on any atom is 0.237 e. The number of amides is 1. The summed E-state index contributed by atoms with van der Waals surface area (Å²) in [6.07, 6.45) is 8.56. The van der Waals surface area contributed by atoms with Gasteiger partial charge in [-0.2, -0.15) is 0 Å². The zero-order chi connectivity index (χ0) is 19.2. The highest BCUT2D eigenvalue weighted by atomic mass is 35.5. The number of benzene rings is 1. The van der Waals surface area contributed by atoms with Crippen LogP contribution in [0.5, 0.6) is 0 Å². The van der Waals surface area contributed by atoms with Crippen molar-refractivity contribution >= 4 is 35.0 Å². The van der Waals surface area contributed by atoms with Crippen LogP contribution in [0, 0.1) is 5.92 Å². The van der Waals surface area contributed by atoms with E-state index in [-0.39, 0.29) is 11.2 Å². The Morgan fingerprint density at radius 1 is 1.33 bits per heavy atom. The van der Waals surface area contributed by atoms with Crippen LogP contribution in [-0.2, 0) is 11.2 Å². The van der Waals surface area contributed by atoms with Crippen molar-refractivity contribution in [3.63, 3.8) is 0 Å². The number of para-hydroxylation sites is 1. The maximum atomic E-state index is 12.4. The van der Waals surface area contributed by atoms with Gasteiger partial charge in [-0.05, 0) is 31.4 Å². The Morgan fingerprint density at radius 3 is 2.81 bits per heavy atom. The van der Waals surface area contributed by atoms with Gasteiger partial charge in [0.1, 0.15) is 0 Å². The first kappa shape index (κ1) is 20.0. The van der Waals surface area contributed by atoms with Crippen molar-refractivity contribution in [3.8, 4) is 0 Å². The Labute approximate surface area is 169 Å². The topological polar surface area (TPSA) is 85.8 Å². The summed E-state index contributed by atoms with van der Waals surface area (Å²) < 4.78 is 1.52. The van der Waals surface area contributed by atoms with E-state index in [9.17, 15) is 4.79 Å². The van der Waals surface area contributed by atoms with Crippen molar-refractivity contribution in [1.29, 1.82) is 0 Å². The molecule has 0 radical (unpaired) electrons. The minimum atomic E-state index is -0.376. The number of hydrogen-bond donors (Lipinski definition) is 2. The molecule has 1 aliphatic rings. The Kier molecular flexibility index (Phi) is 7.01. The van der Waals surface area contributed by atoms with E-state index < -0.39 is 0 Å². The molecule has 0 saturated heterocycles. The number of carbonyl (C=O) groups is 1. The van der Waals surface area contributed by atoms with Crippen molar-refractivity contribution in [1.82, 2.24) is 14.9 Å². The molecule has 1 atom stereocenters. The lowest BCUT2D eigenvalue weighted by molar-refractivity contribution is -0.115. The number of hydrogen-bond acceptors (Lipinski definition) is 5. The monoisotopic (exact) mass is 407 g/mol. The number of nitrogens with two attached hydrogens (primary N) is 1. The highest BCUT2D eigenvalue weighted by Gasteiger charge is 2.21. The third-order valence-electron chi connectivity index (χ3n) is 5.02. The SMILES string of the molecule is C[C@H](Sc1nnc(CCC2CCCCC2)n1N)C(=O)Nc1ccccc1Cl. The van der Waals surface area contributed by atoms with E-state index in [1.165, 1.54) is 48.5 Å². The lowest BCUT2D eigenvalue weighted by Crippen LogP contribution is -2.24. The van der Waals surface area contributed by atoms with Gasteiger partial charge in [-0.25, -0.2) is 4.68 Å². The van der Waals surface area contributed by atoms with Gasteiger partial charge in [0.25, 0.3) is 0 Å². The first-order valence-electron chi connectivity index (χ1n) is 9.46. The van der Waals surface area contributed by atoms with Crippen LogP contribution >= 0.6 is 23.4 Å². The van der Waals surface area contributed by atoms with E-state index in [0.717, 1.165) is 24.6 Å². The van der Waals surface area contributed by atoms with Crippen LogP contribution in [0.25, 0.3) is 0 Å². The highest BCUT2D eigenvalue weighted by molar-refractivity contribution is 8.00. The van der Waals surface area contributed by atoms with Gasteiger partial charge in [0, 0.05) is 6.42 Å². The van der Waals surface area contributed by atoms with Crippen molar-refractivity contribution in [2.24, 2.45) is 5.92 Å². The van der Waals surface area contributed by atoms with Crippen molar-refractivity contribution in [2.75, 3.05) is 11.2 Å². The number of carbonyl (C=O) groups excluding carboxylic acids is 1. The molecule has 0 aliphatic heterocycles. The number of thioether (sulfide) groups is 1. The minimum absolute atomic E-state index is 0.153. The molecule has 1 aliphatic carbocycles. The summed E-state index contributed by atoms with van der Waals surface area (Å²) in [5.41, 5.74) is 0.596. The molecule has 0 bridgehead atoms. The Balaban J connectivity index is 1.54. The predicted molar refractivity (Wildman–Crippen MR) is 110 cm³/mol. The van der Waals surface area contributed by atoms with E-state index in [1.807, 2.05) is 19.1 Å². The molecule has 0 unspecified atom stereocenters. The summed E-state index contributed by atoms with van der Waals surface area (Å²) in [5, 5.41) is 11.9. The molecule has 1 heterocycles. The van der Waals surface area contributed by atoms with Crippen LogP contribution in [0.1, 0.15) is 51.3 Å². The van der Waals surface area contributed by atoms with Gasteiger partial charge in [0.05, 0.1) is 16.0 Å². The van der Waals surface area contributed by atoms with Gasteiger partial charge >= 0.3 is 0 Å². The predicted octanol–water partition coefficient (Wildman–Crippen LogP) is 4.28. The summed E-state index contributed by atoms with van der Waals surface area (Å²) >= 11 is 7.39. The van der Waals surface area contributed by atoms with Gasteiger partial charge in [-0.1, -0.05) is 67.6 Å². The summed E-state index contributed by atoms with van der Waals surface area (Å²) in [5.74, 6) is 7.56. The van der Waals surface area contributed by atoms with Gasteiger partial charge in [-0.3, -0.25) is 4.79 Å². The van der Waals surface area contributed by atoms with Gasteiger partial charge in [-0.15, -0.1) is 10.2 Å². The molecule has 146 valence electrons. The quantitative estimate of drug-likeness (QED) is 0.528. The molecule has 1 amide bonds. The second-order valence-corrected chi connectivity index (χ2v) is 8.76. The fraction of sp³-hybridized carbons (Fsp3) is 0.526. The van der Waals surface area contributed by atoms with E-state index in [1.54, 1.807) is 12.1 Å². The van der Waals surface area contributed by atoms with Crippen molar-refractivity contribution in [3.05, 3.63) is 35.1 Å². The van der Waals surface area contributed by atoms with Gasteiger partial charge in [0.15, 0.2) is 5.82 Å². The van der Waals surface area contributed by atoms with Crippen LogP contribution < -0.4 is 11.2 Å². The summed E-state index contributed by atoms with van der Waals surface area (Å²) in [7, 11) is 0. The molecule has 1 saturated carbocycles. The second-order valence-electron chi connectivity index (χ2n) is 7.04. The highest BCUT2D eigenvalue weighted by Crippen LogP contribution is 2.28. The Bertz CT molecular complexity index is 775. The fourth-order valence-electron chi connectivity index (χ4n) is 3.38. The number of nitrogens with zero attached hydrogens (tertiary/aromatic N) is 3. The van der Waals surface area contributed by atoms with Crippen LogP contribution in [0.15, 0.2) is 29.4 Å². The van der Waals surface area contributed by atoms with E-state index >= 15 is 0 Å². The number of aryl methyl sites for hydroxylation is 1. The zero-order valence-corrected chi connectivity index (χ0v) is 17.1. The van der Waals surface area contributed by atoms with Crippen LogP contribution in [-0.4, -0.2) is 26.0 Å². The van der Waals surface area contributed by atoms with E-state index in [4.69, 9.17) is 17.4 Å². The van der Waals surface area contributed by atoms with Crippen LogP contribution in [0.2, 0.25) is 5.02 Å². The molecule has 3 rings (SSSR count). The van der Waals surface area contributed by atoms with Crippen LogP contribution in [0.4, 0.5) is 5.69 Å². The second kappa shape index (κ2) is 9.46. The summed E-state index contributed by atoms with van der Waals surface area (Å²) in [6, 6.07) is 7.16. The molecular formula is C19H26ClN5OS. The molecule has 1 aromatic carbocycles. The fourth-order valence-corrected chi connectivity index (χ4v) is 4.35. The first-order valence-corrected chi connectivity index (χ1v) is 10.7. The maximum absolute atomic E-state index is 12.4. The average Bonchev–Trinajstić information content (AvgIpc) is 3.02. The number of nitrogen functional groups attached to an aromatic ring is 1. The summed E-state index contributed by atoms with van der Waals surface area (Å²) in [4.78, 5) is 12.4. The summed E-state index contributed by atoms with van der Waals surface area (Å²) in [6.45, 7) is 1.81. The molecule has 1 fully saturated rings. The Hall–Kier alpha value is -1.73. The minimum Gasteiger partial charge on any atom is -0.336 e. The standard InChI is InChI=1S/C19H26ClN5OS/c1-13(18(26)22-16-10-6-5-9-15(16)20)27-19-24-23-17(25(19)21)12-11-14-7-3-2-4-8-14/h5-6,9-10,13-14H,2-4,7-8,11-12,21H2,1H3,(H,22,26)/t13-/m0/s1. The normalized spacial score (nSPS) is 16.2. The molecule has 0 spiro atoms. The van der Waals surface area contributed by atoms with Crippen molar-refractivity contribution in [2.45, 2.75) is 62.3 Å². The van der Waals surface area contributed by atoms with Gasteiger partial charge in [0.2, 0.25) is 11.1 Å². The van der Waals surface area contributed by atoms with Gasteiger partial charge < -0.3 is 11.2 Å². The molecule has 27 heavy (non-hydrogen) atoms. The number of anilines is 1. The largest absolute Gasteiger partial charge is 0.336 e. The van der Waals surface area contributed by atoms with E-state index in [2.05, 4.69) is 15.5 Å². The molecule has 6 nitrogen and oxygen atoms in total. The lowest BCUT2D eigenvalue weighted by Gasteiger charge is -2.20. The van der Waals surface area contributed by atoms with Crippen molar-refractivity contribution < 1.29 is 4.79 Å². The van der Waals surface area contributed by atoms with Crippen LogP contribution in [0.3, 0.4) is 0 Å². The zero-order valence-electron chi connectivity index (χ0n) is 15.5. The number of rotatable bonds is 7. The first-order chi connectivity index (χ1) is 13.0. The molecule has 8 heteroatoms. The molecule has 3 N–H and O–H groups in total. The van der Waals surface area contributed by atoms with E-state index in [0.29, 0.717) is 15.9 Å². The lowest BCUT2D eigenvalue weighted by atomic mass is 9.86. The third-order valence-corrected chi connectivity index (χ3v) is 6.41. The number of nitrogens with one attached hydrogen (secondary N) is 1. The average molecular weight is 408 g/mol. The molecular weight excluding hydrogens is 382 g/mol. The molecule has 2 aromatic rings. The number of halogens is 1. The number of aromatic nitrogens is 3. The molecule has 1 aromatic heterocycles.